The smallest absolute Gasteiger partial charge is 0.203 e. The maximum absolute atomic E-state index is 13.5. The fourth-order valence-electron chi connectivity index (χ4n) is 2.20. The Morgan fingerprint density at radius 2 is 2.10 bits per heavy atom. The Labute approximate surface area is 116 Å². The molecule has 0 spiro atoms. The van der Waals surface area contributed by atoms with Gasteiger partial charge in [0.25, 0.3) is 0 Å². The minimum Gasteiger partial charge on any atom is -0.355 e. The van der Waals surface area contributed by atoms with Crippen molar-refractivity contribution in [1.29, 1.82) is 0 Å². The Balaban J connectivity index is 1.71. The van der Waals surface area contributed by atoms with Crippen LogP contribution in [-0.4, -0.2) is 21.1 Å². The Hall–Kier alpha value is -2.43. The zero-order chi connectivity index (χ0) is 13.9. The summed E-state index contributed by atoms with van der Waals surface area (Å²) < 4.78 is 15.5. The summed E-state index contributed by atoms with van der Waals surface area (Å²) in [5, 5.41) is 3.24. The molecular weight excluding hydrogens is 255 g/mol. The van der Waals surface area contributed by atoms with E-state index >= 15 is 0 Å². The molecule has 5 heteroatoms. The van der Waals surface area contributed by atoms with Gasteiger partial charge < -0.3 is 9.88 Å². The molecule has 0 saturated heterocycles. The van der Waals surface area contributed by atoms with E-state index in [1.807, 2.05) is 23.7 Å². The van der Waals surface area contributed by atoms with Crippen LogP contribution in [0.1, 0.15) is 5.56 Å². The van der Waals surface area contributed by atoms with Gasteiger partial charge >= 0.3 is 0 Å². The molecule has 0 bridgehead atoms. The van der Waals surface area contributed by atoms with E-state index < -0.39 is 0 Å². The number of imidazole rings is 1. The topological polar surface area (TPSA) is 42.7 Å². The molecule has 4 nitrogen and oxygen atoms in total. The van der Waals surface area contributed by atoms with E-state index in [4.69, 9.17) is 0 Å². The number of rotatable bonds is 4. The van der Waals surface area contributed by atoms with Crippen molar-refractivity contribution in [2.24, 2.45) is 7.05 Å². The number of nitrogens with zero attached hydrogens (tertiary/aromatic N) is 3. The molecule has 0 aliphatic rings. The van der Waals surface area contributed by atoms with Gasteiger partial charge in [0, 0.05) is 19.8 Å². The average Bonchev–Trinajstić information content (AvgIpc) is 2.78. The maximum atomic E-state index is 13.5. The summed E-state index contributed by atoms with van der Waals surface area (Å²) in [4.78, 5) is 8.57. The Bertz CT molecular complexity index is 736. The van der Waals surface area contributed by atoms with Crippen LogP contribution in [0.2, 0.25) is 0 Å². The minimum atomic E-state index is -0.163. The molecule has 0 unspecified atom stereocenters. The summed E-state index contributed by atoms with van der Waals surface area (Å²) in [6.07, 6.45) is 4.12. The molecule has 0 amide bonds. The highest BCUT2D eigenvalue weighted by atomic mass is 19.1. The normalized spacial score (nSPS) is 10.9. The molecule has 2 aromatic heterocycles. The van der Waals surface area contributed by atoms with Gasteiger partial charge in [0.2, 0.25) is 5.95 Å². The first kappa shape index (κ1) is 12.6. The molecule has 2 heterocycles. The van der Waals surface area contributed by atoms with Crippen molar-refractivity contribution >= 4 is 17.0 Å². The lowest BCUT2D eigenvalue weighted by Gasteiger charge is -2.06. The number of aromatic nitrogens is 3. The lowest BCUT2D eigenvalue weighted by atomic mass is 10.1. The van der Waals surface area contributed by atoms with Crippen LogP contribution in [0.5, 0.6) is 0 Å². The predicted octanol–water partition coefficient (Wildman–Crippen LogP) is 2.76. The van der Waals surface area contributed by atoms with Gasteiger partial charge in [-0.05, 0) is 24.1 Å². The summed E-state index contributed by atoms with van der Waals surface area (Å²) in [5.41, 5.74) is 2.58. The predicted molar refractivity (Wildman–Crippen MR) is 77.1 cm³/mol. The summed E-state index contributed by atoms with van der Waals surface area (Å²) >= 11 is 0. The molecular formula is C15H15FN4. The number of anilines is 1. The van der Waals surface area contributed by atoms with Crippen LogP contribution >= 0.6 is 0 Å². The van der Waals surface area contributed by atoms with Crippen LogP contribution in [0.3, 0.4) is 0 Å². The van der Waals surface area contributed by atoms with E-state index in [2.05, 4.69) is 15.3 Å². The van der Waals surface area contributed by atoms with Gasteiger partial charge in [-0.3, -0.25) is 4.98 Å². The van der Waals surface area contributed by atoms with Gasteiger partial charge in [-0.15, -0.1) is 0 Å². The first-order chi connectivity index (χ1) is 9.75. The Morgan fingerprint density at radius 1 is 1.25 bits per heavy atom. The van der Waals surface area contributed by atoms with E-state index in [0.717, 1.165) is 17.0 Å². The SMILES string of the molecule is Cn1c(NCCc2ccccc2F)nc2ccncc21. The van der Waals surface area contributed by atoms with Crippen molar-refractivity contribution < 1.29 is 4.39 Å². The second-order valence-electron chi connectivity index (χ2n) is 4.63. The first-order valence-electron chi connectivity index (χ1n) is 6.49. The third-order valence-electron chi connectivity index (χ3n) is 3.32. The fourth-order valence-corrected chi connectivity index (χ4v) is 2.20. The van der Waals surface area contributed by atoms with Gasteiger partial charge in [0.15, 0.2) is 0 Å². The zero-order valence-electron chi connectivity index (χ0n) is 11.2. The molecule has 20 heavy (non-hydrogen) atoms. The number of nitrogens with one attached hydrogen (secondary N) is 1. The number of benzene rings is 1. The van der Waals surface area contributed by atoms with Crippen LogP contribution in [-0.2, 0) is 13.5 Å². The molecule has 0 aliphatic carbocycles. The van der Waals surface area contributed by atoms with Crippen molar-refractivity contribution in [3.8, 4) is 0 Å². The van der Waals surface area contributed by atoms with E-state index in [-0.39, 0.29) is 5.82 Å². The van der Waals surface area contributed by atoms with E-state index in [9.17, 15) is 4.39 Å². The largest absolute Gasteiger partial charge is 0.355 e. The highest BCUT2D eigenvalue weighted by Gasteiger charge is 2.07. The van der Waals surface area contributed by atoms with Gasteiger partial charge in [-0.1, -0.05) is 18.2 Å². The molecule has 102 valence electrons. The third kappa shape index (κ3) is 2.34. The van der Waals surface area contributed by atoms with Crippen LogP contribution in [0.4, 0.5) is 10.3 Å². The van der Waals surface area contributed by atoms with Crippen LogP contribution in [0.25, 0.3) is 11.0 Å². The molecule has 0 atom stereocenters. The Morgan fingerprint density at radius 3 is 2.90 bits per heavy atom. The molecule has 3 rings (SSSR count). The van der Waals surface area contributed by atoms with Crippen molar-refractivity contribution in [1.82, 2.24) is 14.5 Å². The highest BCUT2D eigenvalue weighted by molar-refractivity contribution is 5.77. The van der Waals surface area contributed by atoms with E-state index in [1.165, 1.54) is 6.07 Å². The molecule has 0 saturated carbocycles. The number of pyridine rings is 1. The summed E-state index contributed by atoms with van der Waals surface area (Å²) in [5.74, 6) is 0.604. The third-order valence-corrected chi connectivity index (χ3v) is 3.32. The number of halogens is 1. The maximum Gasteiger partial charge on any atom is 0.203 e. The fraction of sp³-hybridized carbons (Fsp3) is 0.200. The minimum absolute atomic E-state index is 0.163. The molecule has 3 aromatic rings. The summed E-state index contributed by atoms with van der Waals surface area (Å²) in [6.45, 7) is 0.630. The van der Waals surface area contributed by atoms with Gasteiger partial charge in [0.05, 0.1) is 17.2 Å². The van der Waals surface area contributed by atoms with Gasteiger partial charge in [-0.25, -0.2) is 9.37 Å². The van der Waals surface area contributed by atoms with E-state index in [1.54, 1.807) is 24.5 Å². The molecule has 0 fully saturated rings. The standard InChI is InChI=1S/C15H15FN4/c1-20-14-10-17-8-7-13(14)19-15(20)18-9-6-11-4-2-3-5-12(11)16/h2-5,7-8,10H,6,9H2,1H3,(H,18,19). The molecule has 1 aromatic carbocycles. The number of fused-ring (bicyclic) bond motifs is 1. The quantitative estimate of drug-likeness (QED) is 0.792. The second kappa shape index (κ2) is 5.28. The highest BCUT2D eigenvalue weighted by Crippen LogP contribution is 2.16. The summed E-state index contributed by atoms with van der Waals surface area (Å²) in [7, 11) is 1.93. The number of aryl methyl sites for hydroxylation is 1. The first-order valence-corrected chi connectivity index (χ1v) is 6.49. The molecule has 0 aliphatic heterocycles. The van der Waals surface area contributed by atoms with Gasteiger partial charge in [0.1, 0.15) is 5.82 Å². The molecule has 1 N–H and O–H groups in total. The van der Waals surface area contributed by atoms with Crippen LogP contribution < -0.4 is 5.32 Å². The monoisotopic (exact) mass is 270 g/mol. The van der Waals surface area contributed by atoms with Crippen LogP contribution in [0.15, 0.2) is 42.7 Å². The zero-order valence-corrected chi connectivity index (χ0v) is 11.2. The van der Waals surface area contributed by atoms with E-state index in [0.29, 0.717) is 18.5 Å². The van der Waals surface area contributed by atoms with Crippen molar-refractivity contribution in [2.75, 3.05) is 11.9 Å². The lowest BCUT2D eigenvalue weighted by molar-refractivity contribution is 0.610. The van der Waals surface area contributed by atoms with Gasteiger partial charge in [-0.2, -0.15) is 0 Å². The number of hydrogen-bond donors (Lipinski definition) is 1. The van der Waals surface area contributed by atoms with Crippen molar-refractivity contribution in [2.45, 2.75) is 6.42 Å². The average molecular weight is 270 g/mol. The van der Waals surface area contributed by atoms with Crippen molar-refractivity contribution in [3.63, 3.8) is 0 Å². The summed E-state index contributed by atoms with van der Waals surface area (Å²) in [6, 6.07) is 8.70. The Kier molecular flexibility index (Phi) is 3.33. The lowest BCUT2D eigenvalue weighted by Crippen LogP contribution is -2.09. The van der Waals surface area contributed by atoms with Crippen molar-refractivity contribution in [3.05, 3.63) is 54.1 Å². The number of hydrogen-bond acceptors (Lipinski definition) is 3. The molecule has 0 radical (unpaired) electrons. The van der Waals surface area contributed by atoms with Crippen LogP contribution in [0, 0.1) is 5.82 Å². The second-order valence-corrected chi connectivity index (χ2v) is 4.63.